The summed E-state index contributed by atoms with van der Waals surface area (Å²) in [5.74, 6) is -0.747. The van der Waals surface area contributed by atoms with Crippen LogP contribution in [0.25, 0.3) is 0 Å². The molecule has 3 rings (SSSR count). The summed E-state index contributed by atoms with van der Waals surface area (Å²) in [7, 11) is 0. The number of amides is 2. The highest BCUT2D eigenvalue weighted by molar-refractivity contribution is 5.96. The molecule has 0 spiro atoms. The summed E-state index contributed by atoms with van der Waals surface area (Å²) in [6.45, 7) is 3.14. The third-order valence-electron chi connectivity index (χ3n) is 4.39. The number of carbonyl (C=O) groups is 2. The van der Waals surface area contributed by atoms with Crippen molar-refractivity contribution in [2.75, 3.05) is 32.7 Å². The van der Waals surface area contributed by atoms with Gasteiger partial charge >= 0.3 is 0 Å². The minimum atomic E-state index is -0.395. The van der Waals surface area contributed by atoms with Crippen molar-refractivity contribution < 1.29 is 14.0 Å². The van der Waals surface area contributed by atoms with Crippen LogP contribution in [0.5, 0.6) is 0 Å². The molecule has 0 unspecified atom stereocenters. The van der Waals surface area contributed by atoms with E-state index in [1.54, 1.807) is 4.90 Å². The number of nitrogens with zero attached hydrogens (tertiary/aromatic N) is 2. The smallest absolute Gasteiger partial charge is 0.254 e. The summed E-state index contributed by atoms with van der Waals surface area (Å²) in [6, 6.07) is 14.9. The van der Waals surface area contributed by atoms with Crippen molar-refractivity contribution in [2.24, 2.45) is 0 Å². The van der Waals surface area contributed by atoms with E-state index in [0.717, 1.165) is 18.7 Å². The molecule has 0 atom stereocenters. The maximum atomic E-state index is 13.2. The van der Waals surface area contributed by atoms with E-state index < -0.39 is 5.82 Å². The van der Waals surface area contributed by atoms with E-state index in [2.05, 4.69) is 5.32 Å². The molecular weight excluding hydrogens is 333 g/mol. The Morgan fingerprint density at radius 1 is 1.00 bits per heavy atom. The topological polar surface area (TPSA) is 52.7 Å². The molecule has 0 radical (unpaired) electrons. The SMILES string of the molecule is O=C(CN(Cc1ccccc1)C(=O)c1ccc(F)cc1)N1CCNCC1. The van der Waals surface area contributed by atoms with Gasteiger partial charge < -0.3 is 15.1 Å². The second-order valence-electron chi connectivity index (χ2n) is 6.28. The van der Waals surface area contributed by atoms with Crippen LogP contribution in [0.15, 0.2) is 54.6 Å². The molecule has 1 fully saturated rings. The van der Waals surface area contributed by atoms with Crippen molar-refractivity contribution in [3.63, 3.8) is 0 Å². The molecule has 6 heteroatoms. The largest absolute Gasteiger partial charge is 0.339 e. The van der Waals surface area contributed by atoms with Gasteiger partial charge in [-0.15, -0.1) is 0 Å². The molecule has 136 valence electrons. The number of hydrogen-bond acceptors (Lipinski definition) is 3. The quantitative estimate of drug-likeness (QED) is 0.891. The maximum Gasteiger partial charge on any atom is 0.254 e. The zero-order chi connectivity index (χ0) is 18.4. The van der Waals surface area contributed by atoms with Crippen LogP contribution >= 0.6 is 0 Å². The van der Waals surface area contributed by atoms with E-state index >= 15 is 0 Å². The molecular formula is C20H22FN3O2. The fourth-order valence-corrected chi connectivity index (χ4v) is 2.96. The number of hydrogen-bond donors (Lipinski definition) is 1. The highest BCUT2D eigenvalue weighted by atomic mass is 19.1. The normalized spacial score (nSPS) is 14.1. The standard InChI is InChI=1S/C20H22FN3O2/c21-18-8-6-17(7-9-18)20(26)24(14-16-4-2-1-3-5-16)15-19(25)23-12-10-22-11-13-23/h1-9,22H,10-15H2. The third kappa shape index (κ3) is 4.67. The predicted molar refractivity (Wildman–Crippen MR) is 97.0 cm³/mol. The minimum absolute atomic E-state index is 0.00506. The Bertz CT molecular complexity index is 743. The molecule has 0 saturated carbocycles. The van der Waals surface area contributed by atoms with Crippen molar-refractivity contribution in [3.8, 4) is 0 Å². The van der Waals surface area contributed by atoms with Crippen LogP contribution in [0.2, 0.25) is 0 Å². The number of carbonyl (C=O) groups excluding carboxylic acids is 2. The Kier molecular flexibility index (Phi) is 5.96. The average Bonchev–Trinajstić information content (AvgIpc) is 2.69. The van der Waals surface area contributed by atoms with E-state index in [1.165, 1.54) is 29.2 Å². The zero-order valence-electron chi connectivity index (χ0n) is 14.5. The van der Waals surface area contributed by atoms with Gasteiger partial charge in [-0.1, -0.05) is 30.3 Å². The summed E-state index contributed by atoms with van der Waals surface area (Å²) >= 11 is 0. The first kappa shape index (κ1) is 18.1. The predicted octanol–water partition coefficient (Wildman–Crippen LogP) is 1.90. The molecule has 26 heavy (non-hydrogen) atoms. The zero-order valence-corrected chi connectivity index (χ0v) is 14.5. The molecule has 0 bridgehead atoms. The number of benzene rings is 2. The van der Waals surface area contributed by atoms with Gasteiger partial charge in [0.05, 0.1) is 0 Å². The molecule has 0 aliphatic carbocycles. The molecule has 1 heterocycles. The van der Waals surface area contributed by atoms with Crippen LogP contribution < -0.4 is 5.32 Å². The Hall–Kier alpha value is -2.73. The van der Waals surface area contributed by atoms with Gasteiger partial charge in [-0.3, -0.25) is 9.59 Å². The highest BCUT2D eigenvalue weighted by Gasteiger charge is 2.23. The number of halogens is 1. The Morgan fingerprint density at radius 2 is 1.65 bits per heavy atom. The molecule has 1 N–H and O–H groups in total. The van der Waals surface area contributed by atoms with Crippen LogP contribution in [0, 0.1) is 5.82 Å². The fraction of sp³-hybridized carbons (Fsp3) is 0.300. The lowest BCUT2D eigenvalue weighted by molar-refractivity contribution is -0.132. The summed E-state index contributed by atoms with van der Waals surface area (Å²) in [5.41, 5.74) is 1.31. The van der Waals surface area contributed by atoms with Crippen molar-refractivity contribution in [2.45, 2.75) is 6.54 Å². The molecule has 1 aliphatic rings. The maximum absolute atomic E-state index is 13.2. The lowest BCUT2D eigenvalue weighted by Crippen LogP contribution is -2.50. The average molecular weight is 355 g/mol. The molecule has 1 saturated heterocycles. The van der Waals surface area contributed by atoms with Crippen LogP contribution in [-0.4, -0.2) is 54.3 Å². The summed E-state index contributed by atoms with van der Waals surface area (Å²) in [4.78, 5) is 28.8. The first-order valence-corrected chi connectivity index (χ1v) is 8.71. The third-order valence-corrected chi connectivity index (χ3v) is 4.39. The lowest BCUT2D eigenvalue weighted by atomic mass is 10.1. The Morgan fingerprint density at radius 3 is 2.31 bits per heavy atom. The van der Waals surface area contributed by atoms with Crippen LogP contribution in [0.3, 0.4) is 0 Å². The summed E-state index contributed by atoms with van der Waals surface area (Å²) in [6.07, 6.45) is 0. The van der Waals surface area contributed by atoms with Gasteiger partial charge in [0.15, 0.2) is 0 Å². The van der Waals surface area contributed by atoms with E-state index in [0.29, 0.717) is 25.2 Å². The van der Waals surface area contributed by atoms with E-state index in [4.69, 9.17) is 0 Å². The van der Waals surface area contributed by atoms with Gasteiger partial charge in [0, 0.05) is 38.3 Å². The Balaban J connectivity index is 1.77. The van der Waals surface area contributed by atoms with Gasteiger partial charge in [0.2, 0.25) is 5.91 Å². The van der Waals surface area contributed by atoms with E-state index in [1.807, 2.05) is 30.3 Å². The number of piperazine rings is 1. The van der Waals surface area contributed by atoms with E-state index in [-0.39, 0.29) is 18.4 Å². The Labute approximate surface area is 152 Å². The van der Waals surface area contributed by atoms with E-state index in [9.17, 15) is 14.0 Å². The van der Waals surface area contributed by atoms with Gasteiger partial charge in [-0.2, -0.15) is 0 Å². The van der Waals surface area contributed by atoms with Crippen LogP contribution in [0.1, 0.15) is 15.9 Å². The fourth-order valence-electron chi connectivity index (χ4n) is 2.96. The molecule has 5 nitrogen and oxygen atoms in total. The van der Waals surface area contributed by atoms with Gasteiger partial charge in [0.1, 0.15) is 12.4 Å². The monoisotopic (exact) mass is 355 g/mol. The van der Waals surface area contributed by atoms with Crippen molar-refractivity contribution in [1.29, 1.82) is 0 Å². The number of nitrogens with one attached hydrogen (secondary N) is 1. The summed E-state index contributed by atoms with van der Waals surface area (Å²) in [5, 5.41) is 3.21. The summed E-state index contributed by atoms with van der Waals surface area (Å²) < 4.78 is 13.2. The molecule has 2 aromatic rings. The number of rotatable bonds is 5. The van der Waals surface area contributed by atoms with Gasteiger partial charge in [-0.25, -0.2) is 4.39 Å². The first-order valence-electron chi connectivity index (χ1n) is 8.71. The lowest BCUT2D eigenvalue weighted by Gasteiger charge is -2.30. The van der Waals surface area contributed by atoms with Crippen molar-refractivity contribution >= 4 is 11.8 Å². The second kappa shape index (κ2) is 8.58. The first-order chi connectivity index (χ1) is 12.6. The molecule has 2 amide bonds. The molecule has 1 aliphatic heterocycles. The van der Waals surface area contributed by atoms with Crippen LogP contribution in [0.4, 0.5) is 4.39 Å². The van der Waals surface area contributed by atoms with Crippen molar-refractivity contribution in [3.05, 3.63) is 71.5 Å². The van der Waals surface area contributed by atoms with Crippen LogP contribution in [-0.2, 0) is 11.3 Å². The molecule has 2 aromatic carbocycles. The van der Waals surface area contributed by atoms with Crippen molar-refractivity contribution in [1.82, 2.24) is 15.1 Å². The van der Waals surface area contributed by atoms with Gasteiger partial charge in [0.25, 0.3) is 5.91 Å². The van der Waals surface area contributed by atoms with Gasteiger partial charge in [-0.05, 0) is 29.8 Å². The highest BCUT2D eigenvalue weighted by Crippen LogP contribution is 2.12. The second-order valence-corrected chi connectivity index (χ2v) is 6.28. The molecule has 0 aromatic heterocycles. The minimum Gasteiger partial charge on any atom is -0.339 e.